The second-order valence-corrected chi connectivity index (χ2v) is 6.72. The van der Waals surface area contributed by atoms with E-state index in [2.05, 4.69) is 15.1 Å². The summed E-state index contributed by atoms with van der Waals surface area (Å²) in [5, 5.41) is 16.7. The van der Waals surface area contributed by atoms with E-state index in [9.17, 15) is 4.79 Å². The summed E-state index contributed by atoms with van der Waals surface area (Å²) in [5.74, 6) is 0.748. The summed E-state index contributed by atoms with van der Waals surface area (Å²) in [5.41, 5.74) is -0.166. The molecule has 22 heavy (non-hydrogen) atoms. The Balaban J connectivity index is 1.64. The van der Waals surface area contributed by atoms with Crippen molar-refractivity contribution in [2.24, 2.45) is 0 Å². The highest BCUT2D eigenvalue weighted by molar-refractivity contribution is 5.71. The second kappa shape index (κ2) is 5.13. The lowest BCUT2D eigenvalue weighted by Crippen LogP contribution is -2.70. The van der Waals surface area contributed by atoms with Crippen LogP contribution in [0.15, 0.2) is 12.1 Å². The van der Waals surface area contributed by atoms with Crippen LogP contribution in [0.4, 0.5) is 10.6 Å². The van der Waals surface area contributed by atoms with Gasteiger partial charge in [0.25, 0.3) is 0 Å². The van der Waals surface area contributed by atoms with E-state index in [0.29, 0.717) is 5.69 Å². The molecule has 2 atom stereocenters. The van der Waals surface area contributed by atoms with Crippen molar-refractivity contribution in [3.05, 3.63) is 17.8 Å². The van der Waals surface area contributed by atoms with Crippen LogP contribution in [0, 0.1) is 11.3 Å². The highest BCUT2D eigenvalue weighted by Gasteiger charge is 2.49. The first-order chi connectivity index (χ1) is 10.4. The van der Waals surface area contributed by atoms with Crippen LogP contribution in [0.5, 0.6) is 0 Å². The van der Waals surface area contributed by atoms with E-state index in [4.69, 9.17) is 10.00 Å². The maximum absolute atomic E-state index is 12.2. The first-order valence-electron chi connectivity index (χ1n) is 7.37. The zero-order valence-corrected chi connectivity index (χ0v) is 13.0. The molecule has 3 saturated heterocycles. The average molecular weight is 301 g/mol. The molecule has 0 radical (unpaired) electrons. The minimum atomic E-state index is -0.473. The molecule has 7 nitrogen and oxygen atoms in total. The number of hydrogen-bond acceptors (Lipinski definition) is 6. The lowest BCUT2D eigenvalue weighted by molar-refractivity contribution is -0.0380. The van der Waals surface area contributed by atoms with Gasteiger partial charge < -0.3 is 9.64 Å². The van der Waals surface area contributed by atoms with Gasteiger partial charge in [0.05, 0.1) is 12.1 Å². The zero-order valence-electron chi connectivity index (χ0n) is 13.0. The van der Waals surface area contributed by atoms with Gasteiger partial charge in [-0.05, 0) is 39.3 Å². The van der Waals surface area contributed by atoms with Gasteiger partial charge in [-0.15, -0.1) is 10.2 Å². The molecule has 7 heteroatoms. The van der Waals surface area contributed by atoms with Crippen LogP contribution in [-0.4, -0.2) is 52.0 Å². The second-order valence-electron chi connectivity index (χ2n) is 6.72. The molecule has 0 saturated carbocycles. The number of nitrogens with zero attached hydrogens (tertiary/aromatic N) is 5. The first kappa shape index (κ1) is 14.6. The third-order valence-corrected chi connectivity index (χ3v) is 3.89. The molecule has 2 bridgehead atoms. The van der Waals surface area contributed by atoms with Gasteiger partial charge in [0.2, 0.25) is 0 Å². The molecule has 3 fully saturated rings. The molecule has 0 spiro atoms. The van der Waals surface area contributed by atoms with Gasteiger partial charge >= 0.3 is 6.09 Å². The first-order valence-corrected chi connectivity index (χ1v) is 7.37. The number of ether oxygens (including phenoxy) is 1. The molecule has 4 rings (SSSR count). The van der Waals surface area contributed by atoms with Crippen LogP contribution in [-0.2, 0) is 4.74 Å². The molecule has 3 aliphatic heterocycles. The van der Waals surface area contributed by atoms with Crippen molar-refractivity contribution in [3.8, 4) is 6.07 Å². The molecule has 3 aliphatic rings. The summed E-state index contributed by atoms with van der Waals surface area (Å²) in [6.07, 6.45) is 0.763. The van der Waals surface area contributed by atoms with Crippen molar-refractivity contribution < 1.29 is 9.53 Å². The van der Waals surface area contributed by atoms with Gasteiger partial charge in [-0.3, -0.25) is 4.90 Å². The minimum absolute atomic E-state index is 0.158. The molecule has 1 aromatic rings. The maximum Gasteiger partial charge on any atom is 0.410 e. The number of piperazine rings is 1. The number of fused-ring (bicyclic) bond motifs is 2. The molecule has 4 heterocycles. The zero-order chi connectivity index (χ0) is 15.9. The normalized spacial score (nSPS) is 23.5. The van der Waals surface area contributed by atoms with Crippen LogP contribution in [0.3, 0.4) is 0 Å². The molecular formula is C15H19N5O2. The van der Waals surface area contributed by atoms with E-state index in [-0.39, 0.29) is 18.2 Å². The Hall–Kier alpha value is -2.36. The Bertz CT molecular complexity index is 604. The van der Waals surface area contributed by atoms with Gasteiger partial charge in [-0.1, -0.05) is 0 Å². The monoisotopic (exact) mass is 301 g/mol. The van der Waals surface area contributed by atoms with Crippen molar-refractivity contribution >= 4 is 11.9 Å². The van der Waals surface area contributed by atoms with E-state index >= 15 is 0 Å². The Morgan fingerprint density at radius 2 is 2.00 bits per heavy atom. The molecule has 116 valence electrons. The third kappa shape index (κ3) is 2.69. The molecule has 0 aliphatic carbocycles. The number of rotatable bonds is 1. The number of carbonyl (C=O) groups excluding carboxylic acids is 1. The van der Waals surface area contributed by atoms with Gasteiger partial charge in [-0.25, -0.2) is 4.79 Å². The molecule has 2 unspecified atom stereocenters. The van der Waals surface area contributed by atoms with E-state index < -0.39 is 5.60 Å². The Morgan fingerprint density at radius 1 is 1.32 bits per heavy atom. The predicted octanol–water partition coefficient (Wildman–Crippen LogP) is 1.55. The SMILES string of the molecule is CC(C)(C)OC(=O)N1C2CC1CN(c1ccc(C#N)nn1)C2. The van der Waals surface area contributed by atoms with Crippen molar-refractivity contribution in [1.29, 1.82) is 5.26 Å². The number of nitriles is 1. The van der Waals surface area contributed by atoms with Crippen LogP contribution < -0.4 is 4.90 Å². The Kier molecular flexibility index (Phi) is 3.39. The molecule has 0 aromatic carbocycles. The highest BCUT2D eigenvalue weighted by atomic mass is 16.6. The smallest absolute Gasteiger partial charge is 0.410 e. The summed E-state index contributed by atoms with van der Waals surface area (Å²) in [4.78, 5) is 16.1. The summed E-state index contributed by atoms with van der Waals surface area (Å²) >= 11 is 0. The van der Waals surface area contributed by atoms with Gasteiger partial charge in [0, 0.05) is 13.1 Å². The topological polar surface area (TPSA) is 82.4 Å². The van der Waals surface area contributed by atoms with Crippen LogP contribution >= 0.6 is 0 Å². The number of aromatic nitrogens is 2. The van der Waals surface area contributed by atoms with Gasteiger partial charge in [0.15, 0.2) is 11.5 Å². The number of amides is 1. The minimum Gasteiger partial charge on any atom is -0.444 e. The predicted molar refractivity (Wildman–Crippen MR) is 79.2 cm³/mol. The largest absolute Gasteiger partial charge is 0.444 e. The van der Waals surface area contributed by atoms with Crippen LogP contribution in [0.1, 0.15) is 32.9 Å². The van der Waals surface area contributed by atoms with Gasteiger partial charge in [-0.2, -0.15) is 5.26 Å². The van der Waals surface area contributed by atoms with Crippen molar-refractivity contribution in [2.75, 3.05) is 18.0 Å². The van der Waals surface area contributed by atoms with Gasteiger partial charge in [0.1, 0.15) is 11.7 Å². The van der Waals surface area contributed by atoms with Crippen molar-refractivity contribution in [2.45, 2.75) is 44.9 Å². The molecular weight excluding hydrogens is 282 g/mol. The molecule has 1 aromatic heterocycles. The number of piperidine rings is 1. The fraction of sp³-hybridized carbons (Fsp3) is 0.600. The lowest BCUT2D eigenvalue weighted by Gasteiger charge is -2.55. The van der Waals surface area contributed by atoms with Crippen molar-refractivity contribution in [1.82, 2.24) is 15.1 Å². The standard InChI is InChI=1S/C15H19N5O2/c1-15(2,3)22-14(21)20-11-6-12(20)9-19(8-11)13-5-4-10(7-16)17-18-13/h4-5,11-12H,6,8-9H2,1-3H3. The number of hydrogen-bond donors (Lipinski definition) is 0. The summed E-state index contributed by atoms with van der Waals surface area (Å²) in [6.45, 7) is 7.06. The molecule has 1 amide bonds. The summed E-state index contributed by atoms with van der Waals surface area (Å²) in [6, 6.07) is 5.73. The van der Waals surface area contributed by atoms with Crippen molar-refractivity contribution in [3.63, 3.8) is 0 Å². The van der Waals surface area contributed by atoms with E-state index in [0.717, 1.165) is 25.3 Å². The number of carbonyl (C=O) groups is 1. The summed E-state index contributed by atoms with van der Waals surface area (Å²) < 4.78 is 5.45. The fourth-order valence-corrected chi connectivity index (χ4v) is 2.96. The van der Waals surface area contributed by atoms with Crippen LogP contribution in [0.2, 0.25) is 0 Å². The van der Waals surface area contributed by atoms with Crippen LogP contribution in [0.25, 0.3) is 0 Å². The fourth-order valence-electron chi connectivity index (χ4n) is 2.96. The average Bonchev–Trinajstić information content (AvgIpc) is 2.45. The lowest BCUT2D eigenvalue weighted by atomic mass is 9.88. The highest BCUT2D eigenvalue weighted by Crippen LogP contribution is 2.35. The van der Waals surface area contributed by atoms with E-state index in [1.165, 1.54) is 0 Å². The number of anilines is 1. The molecule has 0 N–H and O–H groups in total. The Morgan fingerprint density at radius 3 is 2.50 bits per heavy atom. The van der Waals surface area contributed by atoms with E-state index in [1.807, 2.05) is 31.7 Å². The quantitative estimate of drug-likeness (QED) is 0.782. The summed E-state index contributed by atoms with van der Waals surface area (Å²) in [7, 11) is 0. The maximum atomic E-state index is 12.2. The Labute approximate surface area is 129 Å². The van der Waals surface area contributed by atoms with E-state index in [1.54, 1.807) is 12.1 Å². The third-order valence-electron chi connectivity index (χ3n) is 3.89.